The molecule has 0 saturated heterocycles. The van der Waals surface area contributed by atoms with Crippen molar-refractivity contribution in [2.45, 2.75) is 31.9 Å². The van der Waals surface area contributed by atoms with Crippen LogP contribution in [0.1, 0.15) is 19.4 Å². The van der Waals surface area contributed by atoms with Gasteiger partial charge in [-0.3, -0.25) is 0 Å². The Labute approximate surface area is 84.9 Å². The van der Waals surface area contributed by atoms with Crippen molar-refractivity contribution >= 4 is 0 Å². The largest absolute Gasteiger partial charge is 0.412 e. The van der Waals surface area contributed by atoms with Gasteiger partial charge in [-0.05, 0) is 25.8 Å². The van der Waals surface area contributed by atoms with Crippen LogP contribution in [-0.2, 0) is 6.42 Å². The number of aliphatic hydroxyl groups is 1. The minimum absolute atomic E-state index is 0. The van der Waals surface area contributed by atoms with Crippen molar-refractivity contribution in [2.75, 3.05) is 0 Å². The van der Waals surface area contributed by atoms with Crippen LogP contribution < -0.4 is 5.73 Å². The summed E-state index contributed by atoms with van der Waals surface area (Å²) in [5.41, 5.74) is 6.19. The van der Waals surface area contributed by atoms with Gasteiger partial charge in [-0.25, -0.2) is 0 Å². The first-order chi connectivity index (χ1) is 6.00. The minimum atomic E-state index is -0.810. The van der Waals surface area contributed by atoms with E-state index in [-0.39, 0.29) is 11.5 Å². The average Bonchev–Trinajstić information content (AvgIpc) is 2.04. The van der Waals surface area contributed by atoms with Gasteiger partial charge in [-0.2, -0.15) is 0 Å². The van der Waals surface area contributed by atoms with Gasteiger partial charge in [0.2, 0.25) is 0 Å². The van der Waals surface area contributed by atoms with Crippen molar-refractivity contribution in [3.63, 3.8) is 0 Å². The van der Waals surface area contributed by atoms with E-state index in [1.807, 2.05) is 30.3 Å². The van der Waals surface area contributed by atoms with Crippen molar-refractivity contribution in [1.29, 1.82) is 0 Å². The lowest BCUT2D eigenvalue weighted by atomic mass is 9.93. The lowest BCUT2D eigenvalue weighted by molar-refractivity contribution is 0.0521. The number of benzene rings is 1. The Morgan fingerprint density at radius 1 is 1.29 bits per heavy atom. The molecular weight excluding hydrogens is 178 g/mol. The SMILES string of the molecule is CC(C)(O)C(N)Cc1ccccc1.O. The van der Waals surface area contributed by atoms with Crippen LogP contribution in [0.3, 0.4) is 0 Å². The molecule has 0 fully saturated rings. The average molecular weight is 197 g/mol. The summed E-state index contributed by atoms with van der Waals surface area (Å²) >= 11 is 0. The normalized spacial score (nSPS) is 13.1. The fourth-order valence-corrected chi connectivity index (χ4v) is 1.12. The number of hydrogen-bond donors (Lipinski definition) is 2. The molecule has 14 heavy (non-hydrogen) atoms. The Balaban J connectivity index is 0.00000169. The maximum atomic E-state index is 9.62. The van der Waals surface area contributed by atoms with Crippen LogP contribution in [0.5, 0.6) is 0 Å². The molecule has 80 valence electrons. The van der Waals surface area contributed by atoms with Gasteiger partial charge in [0.1, 0.15) is 0 Å². The Hall–Kier alpha value is -0.900. The first-order valence-corrected chi connectivity index (χ1v) is 4.52. The molecule has 0 aliphatic carbocycles. The molecule has 0 aliphatic rings. The molecule has 1 aromatic rings. The van der Waals surface area contributed by atoms with E-state index in [0.29, 0.717) is 6.42 Å². The van der Waals surface area contributed by atoms with Crippen LogP contribution in [0.2, 0.25) is 0 Å². The van der Waals surface area contributed by atoms with Gasteiger partial charge in [0.25, 0.3) is 0 Å². The van der Waals surface area contributed by atoms with Crippen molar-refractivity contribution in [3.8, 4) is 0 Å². The van der Waals surface area contributed by atoms with Gasteiger partial charge in [0.15, 0.2) is 0 Å². The minimum Gasteiger partial charge on any atom is -0.412 e. The van der Waals surface area contributed by atoms with E-state index in [1.165, 1.54) is 0 Å². The molecule has 0 aliphatic heterocycles. The molecule has 0 bridgehead atoms. The maximum absolute atomic E-state index is 9.62. The van der Waals surface area contributed by atoms with E-state index < -0.39 is 5.60 Å². The second-order valence-electron chi connectivity index (χ2n) is 3.95. The second kappa shape index (κ2) is 5.10. The predicted octanol–water partition coefficient (Wildman–Crippen LogP) is 0.503. The maximum Gasteiger partial charge on any atom is 0.0745 e. The van der Waals surface area contributed by atoms with Crippen LogP contribution >= 0.6 is 0 Å². The van der Waals surface area contributed by atoms with Gasteiger partial charge in [0.05, 0.1) is 5.60 Å². The third kappa shape index (κ3) is 3.87. The highest BCUT2D eigenvalue weighted by Gasteiger charge is 2.22. The summed E-state index contributed by atoms with van der Waals surface area (Å²) < 4.78 is 0. The molecule has 1 unspecified atom stereocenters. The second-order valence-corrected chi connectivity index (χ2v) is 3.95. The van der Waals surface area contributed by atoms with Gasteiger partial charge >= 0.3 is 0 Å². The molecule has 0 radical (unpaired) electrons. The molecule has 1 rings (SSSR count). The van der Waals surface area contributed by atoms with E-state index >= 15 is 0 Å². The number of rotatable bonds is 3. The van der Waals surface area contributed by atoms with E-state index in [1.54, 1.807) is 13.8 Å². The monoisotopic (exact) mass is 197 g/mol. The fraction of sp³-hybridized carbons (Fsp3) is 0.455. The van der Waals surface area contributed by atoms with Crippen LogP contribution in [0, 0.1) is 0 Å². The van der Waals surface area contributed by atoms with Crippen molar-refractivity contribution < 1.29 is 10.6 Å². The zero-order chi connectivity index (χ0) is 9.90. The van der Waals surface area contributed by atoms with Gasteiger partial charge in [0, 0.05) is 6.04 Å². The van der Waals surface area contributed by atoms with E-state index in [4.69, 9.17) is 5.73 Å². The first-order valence-electron chi connectivity index (χ1n) is 4.52. The standard InChI is InChI=1S/C11H17NO.H2O/c1-11(2,13)10(12)8-9-6-4-3-5-7-9;/h3-7,10,13H,8,12H2,1-2H3;1H2. The number of nitrogens with two attached hydrogens (primary N) is 1. The molecule has 0 spiro atoms. The highest BCUT2D eigenvalue weighted by Crippen LogP contribution is 2.11. The summed E-state index contributed by atoms with van der Waals surface area (Å²) in [5.74, 6) is 0. The highest BCUT2D eigenvalue weighted by molar-refractivity contribution is 5.16. The Morgan fingerprint density at radius 3 is 2.21 bits per heavy atom. The van der Waals surface area contributed by atoms with Crippen LogP contribution in [0.15, 0.2) is 30.3 Å². The summed E-state index contributed by atoms with van der Waals surface area (Å²) in [6, 6.07) is 9.75. The van der Waals surface area contributed by atoms with Crippen LogP contribution in [-0.4, -0.2) is 22.2 Å². The summed E-state index contributed by atoms with van der Waals surface area (Å²) in [6.07, 6.45) is 0.713. The summed E-state index contributed by atoms with van der Waals surface area (Å²) in [6.45, 7) is 3.47. The molecule has 0 aromatic heterocycles. The van der Waals surface area contributed by atoms with Crippen LogP contribution in [0.4, 0.5) is 0 Å². The molecule has 3 nitrogen and oxygen atoms in total. The van der Waals surface area contributed by atoms with E-state index in [9.17, 15) is 5.11 Å². The van der Waals surface area contributed by atoms with Crippen molar-refractivity contribution in [2.24, 2.45) is 5.73 Å². The summed E-state index contributed by atoms with van der Waals surface area (Å²) in [7, 11) is 0. The van der Waals surface area contributed by atoms with Gasteiger partial charge in [-0.1, -0.05) is 30.3 Å². The third-order valence-electron chi connectivity index (χ3n) is 2.21. The molecule has 0 saturated carbocycles. The Morgan fingerprint density at radius 2 is 1.79 bits per heavy atom. The van der Waals surface area contributed by atoms with Gasteiger partial charge < -0.3 is 16.3 Å². The molecule has 0 amide bonds. The molecule has 1 aromatic carbocycles. The molecule has 1 atom stereocenters. The summed E-state index contributed by atoms with van der Waals surface area (Å²) in [4.78, 5) is 0. The Bertz CT molecular complexity index is 254. The molecule has 0 heterocycles. The van der Waals surface area contributed by atoms with E-state index in [2.05, 4.69) is 0 Å². The molecule has 5 N–H and O–H groups in total. The lowest BCUT2D eigenvalue weighted by Gasteiger charge is -2.25. The molecular formula is C11H19NO2. The zero-order valence-electron chi connectivity index (χ0n) is 8.70. The van der Waals surface area contributed by atoms with Crippen LogP contribution in [0.25, 0.3) is 0 Å². The predicted molar refractivity (Wildman–Crippen MR) is 58.0 cm³/mol. The first kappa shape index (κ1) is 13.1. The summed E-state index contributed by atoms with van der Waals surface area (Å²) in [5, 5.41) is 9.62. The van der Waals surface area contributed by atoms with E-state index in [0.717, 1.165) is 5.56 Å². The number of hydrogen-bond acceptors (Lipinski definition) is 2. The Kier molecular flexibility index (Phi) is 4.77. The van der Waals surface area contributed by atoms with Gasteiger partial charge in [-0.15, -0.1) is 0 Å². The quantitative estimate of drug-likeness (QED) is 0.740. The topological polar surface area (TPSA) is 77.8 Å². The van der Waals surface area contributed by atoms with Crippen molar-refractivity contribution in [1.82, 2.24) is 0 Å². The molecule has 3 heteroatoms. The smallest absolute Gasteiger partial charge is 0.0745 e. The zero-order valence-corrected chi connectivity index (χ0v) is 8.70. The van der Waals surface area contributed by atoms with Crippen molar-refractivity contribution in [3.05, 3.63) is 35.9 Å². The fourth-order valence-electron chi connectivity index (χ4n) is 1.12. The highest BCUT2D eigenvalue weighted by atomic mass is 16.3. The lowest BCUT2D eigenvalue weighted by Crippen LogP contribution is -2.44. The third-order valence-corrected chi connectivity index (χ3v) is 2.21.